The van der Waals surface area contributed by atoms with Crippen LogP contribution in [0.25, 0.3) is 0 Å². The van der Waals surface area contributed by atoms with Gasteiger partial charge in [-0.1, -0.05) is 29.4 Å². The molecule has 0 radical (unpaired) electrons. The summed E-state index contributed by atoms with van der Waals surface area (Å²) in [5, 5.41) is 12.7. The molecule has 4 heteroatoms. The molecule has 1 N–H and O–H groups in total. The number of hydrogen-bond donors (Lipinski definition) is 1. The van der Waals surface area contributed by atoms with Crippen molar-refractivity contribution in [3.63, 3.8) is 0 Å². The molecule has 17 heavy (non-hydrogen) atoms. The van der Waals surface area contributed by atoms with Crippen molar-refractivity contribution >= 4 is 5.71 Å². The number of nitrogens with zero attached hydrogens (tertiary/aromatic N) is 2. The molecule has 1 aliphatic carbocycles. The van der Waals surface area contributed by atoms with Crippen molar-refractivity contribution in [1.29, 1.82) is 0 Å². The van der Waals surface area contributed by atoms with Crippen LogP contribution in [0.4, 0.5) is 0 Å². The highest BCUT2D eigenvalue weighted by atomic mass is 16.5. The Hall–Kier alpha value is -1.39. The first-order valence-corrected chi connectivity index (χ1v) is 6.00. The molecule has 0 amide bonds. The van der Waals surface area contributed by atoms with Crippen LogP contribution < -0.4 is 0 Å². The van der Waals surface area contributed by atoms with Crippen LogP contribution in [0, 0.1) is 0 Å². The Bertz CT molecular complexity index is 439. The molecule has 3 rings (SSSR count). The average molecular weight is 232 g/mol. The highest BCUT2D eigenvalue weighted by Gasteiger charge is 2.34. The van der Waals surface area contributed by atoms with Crippen molar-refractivity contribution in [2.75, 3.05) is 26.3 Å². The zero-order valence-electron chi connectivity index (χ0n) is 9.67. The highest BCUT2D eigenvalue weighted by Crippen LogP contribution is 2.34. The Kier molecular flexibility index (Phi) is 2.82. The molecule has 1 aromatic rings. The number of ether oxygens (including phenoxy) is 1. The molecule has 1 fully saturated rings. The number of benzene rings is 1. The minimum Gasteiger partial charge on any atom is -0.411 e. The van der Waals surface area contributed by atoms with Crippen LogP contribution in [0.15, 0.2) is 29.4 Å². The van der Waals surface area contributed by atoms with Crippen LogP contribution in [0.2, 0.25) is 0 Å². The van der Waals surface area contributed by atoms with Crippen LogP contribution in [0.3, 0.4) is 0 Å². The Morgan fingerprint density at radius 3 is 2.76 bits per heavy atom. The predicted molar refractivity (Wildman–Crippen MR) is 64.5 cm³/mol. The second-order valence-corrected chi connectivity index (χ2v) is 4.52. The van der Waals surface area contributed by atoms with E-state index in [2.05, 4.69) is 22.2 Å². The molecule has 0 saturated carbocycles. The van der Waals surface area contributed by atoms with E-state index in [1.54, 1.807) is 0 Å². The van der Waals surface area contributed by atoms with E-state index in [1.165, 1.54) is 11.1 Å². The fraction of sp³-hybridized carbons (Fsp3) is 0.462. The molecule has 0 bridgehead atoms. The van der Waals surface area contributed by atoms with Crippen LogP contribution in [0.1, 0.15) is 17.2 Å². The lowest BCUT2D eigenvalue weighted by Crippen LogP contribution is -2.40. The second kappa shape index (κ2) is 4.47. The Labute approximate surface area is 100 Å². The standard InChI is InChI=1S/C13H16N2O2/c16-14-12-9-10-3-1-2-4-11(10)13(12)15-5-7-17-8-6-15/h1-4,13,16H,5-9H2/b14-12-/t13-/m1/s1. The maximum absolute atomic E-state index is 9.17. The molecule has 1 aromatic carbocycles. The summed E-state index contributed by atoms with van der Waals surface area (Å²) in [5.74, 6) is 0. The third kappa shape index (κ3) is 1.83. The van der Waals surface area contributed by atoms with E-state index in [9.17, 15) is 0 Å². The molecule has 2 aliphatic rings. The minimum absolute atomic E-state index is 0.139. The van der Waals surface area contributed by atoms with Gasteiger partial charge in [0.1, 0.15) is 0 Å². The molecule has 1 aliphatic heterocycles. The van der Waals surface area contributed by atoms with Crippen LogP contribution >= 0.6 is 0 Å². The molecular formula is C13H16N2O2. The number of hydrogen-bond acceptors (Lipinski definition) is 4. The highest BCUT2D eigenvalue weighted by molar-refractivity contribution is 5.96. The van der Waals surface area contributed by atoms with E-state index in [-0.39, 0.29) is 6.04 Å². The maximum Gasteiger partial charge on any atom is 0.0831 e. The topological polar surface area (TPSA) is 45.1 Å². The normalized spacial score (nSPS) is 27.3. The van der Waals surface area contributed by atoms with Crippen molar-refractivity contribution in [3.8, 4) is 0 Å². The fourth-order valence-electron chi connectivity index (χ4n) is 2.77. The summed E-state index contributed by atoms with van der Waals surface area (Å²) in [6, 6.07) is 8.47. The lowest BCUT2D eigenvalue weighted by molar-refractivity contribution is 0.0286. The molecule has 1 heterocycles. The average Bonchev–Trinajstić information content (AvgIpc) is 2.78. The smallest absolute Gasteiger partial charge is 0.0831 e. The Balaban J connectivity index is 1.95. The zero-order chi connectivity index (χ0) is 11.7. The van der Waals surface area contributed by atoms with Crippen molar-refractivity contribution in [3.05, 3.63) is 35.4 Å². The van der Waals surface area contributed by atoms with Gasteiger partial charge < -0.3 is 9.94 Å². The SMILES string of the molecule is O/N=C1/Cc2ccccc2[C@H]1N1CCOCC1. The summed E-state index contributed by atoms with van der Waals surface area (Å²) in [7, 11) is 0. The van der Waals surface area contributed by atoms with E-state index < -0.39 is 0 Å². The summed E-state index contributed by atoms with van der Waals surface area (Å²) >= 11 is 0. The van der Waals surface area contributed by atoms with Gasteiger partial charge in [0.25, 0.3) is 0 Å². The van der Waals surface area contributed by atoms with E-state index in [4.69, 9.17) is 9.94 Å². The van der Waals surface area contributed by atoms with Crippen LogP contribution in [-0.4, -0.2) is 42.1 Å². The Morgan fingerprint density at radius 1 is 1.24 bits per heavy atom. The zero-order valence-corrected chi connectivity index (χ0v) is 9.67. The maximum atomic E-state index is 9.17. The van der Waals surface area contributed by atoms with Gasteiger partial charge in [-0.2, -0.15) is 0 Å². The Morgan fingerprint density at radius 2 is 2.00 bits per heavy atom. The van der Waals surface area contributed by atoms with E-state index in [0.717, 1.165) is 38.4 Å². The first-order chi connectivity index (χ1) is 8.40. The van der Waals surface area contributed by atoms with Gasteiger partial charge in [-0.05, 0) is 11.1 Å². The number of morpholine rings is 1. The van der Waals surface area contributed by atoms with Gasteiger partial charge in [0, 0.05) is 19.5 Å². The summed E-state index contributed by atoms with van der Waals surface area (Å²) < 4.78 is 5.37. The summed E-state index contributed by atoms with van der Waals surface area (Å²) in [6.45, 7) is 3.32. The van der Waals surface area contributed by atoms with Gasteiger partial charge in [0.05, 0.1) is 25.0 Å². The number of rotatable bonds is 1. The van der Waals surface area contributed by atoms with Gasteiger partial charge in [0.15, 0.2) is 0 Å². The number of fused-ring (bicyclic) bond motifs is 1. The van der Waals surface area contributed by atoms with Crippen LogP contribution in [0.5, 0.6) is 0 Å². The van der Waals surface area contributed by atoms with Gasteiger partial charge in [0.2, 0.25) is 0 Å². The van der Waals surface area contributed by atoms with Gasteiger partial charge >= 0.3 is 0 Å². The predicted octanol–water partition coefficient (Wildman–Crippen LogP) is 1.45. The lowest BCUT2D eigenvalue weighted by atomic mass is 10.1. The van der Waals surface area contributed by atoms with Crippen molar-refractivity contribution in [1.82, 2.24) is 4.90 Å². The largest absolute Gasteiger partial charge is 0.411 e. The van der Waals surface area contributed by atoms with Gasteiger partial charge in [-0.15, -0.1) is 0 Å². The molecule has 0 unspecified atom stereocenters. The second-order valence-electron chi connectivity index (χ2n) is 4.52. The summed E-state index contributed by atoms with van der Waals surface area (Å²) in [5.41, 5.74) is 3.41. The third-order valence-electron chi connectivity index (χ3n) is 3.58. The van der Waals surface area contributed by atoms with E-state index in [1.807, 2.05) is 12.1 Å². The molecule has 1 atom stereocenters. The van der Waals surface area contributed by atoms with E-state index >= 15 is 0 Å². The van der Waals surface area contributed by atoms with Gasteiger partial charge in [-0.25, -0.2) is 0 Å². The summed E-state index contributed by atoms with van der Waals surface area (Å²) in [4.78, 5) is 2.34. The fourth-order valence-corrected chi connectivity index (χ4v) is 2.77. The van der Waals surface area contributed by atoms with E-state index in [0.29, 0.717) is 0 Å². The minimum atomic E-state index is 0.139. The molecule has 90 valence electrons. The number of oxime groups is 1. The van der Waals surface area contributed by atoms with Crippen molar-refractivity contribution < 1.29 is 9.94 Å². The molecule has 0 aromatic heterocycles. The van der Waals surface area contributed by atoms with Crippen molar-refractivity contribution in [2.24, 2.45) is 5.16 Å². The monoisotopic (exact) mass is 232 g/mol. The van der Waals surface area contributed by atoms with Gasteiger partial charge in [-0.3, -0.25) is 4.90 Å². The third-order valence-corrected chi connectivity index (χ3v) is 3.58. The first kappa shape index (κ1) is 10.7. The molecule has 4 nitrogen and oxygen atoms in total. The first-order valence-electron chi connectivity index (χ1n) is 6.00. The molecular weight excluding hydrogens is 216 g/mol. The lowest BCUT2D eigenvalue weighted by Gasteiger charge is -2.32. The quantitative estimate of drug-likeness (QED) is 0.588. The van der Waals surface area contributed by atoms with Crippen LogP contribution in [-0.2, 0) is 11.2 Å². The van der Waals surface area contributed by atoms with Crippen molar-refractivity contribution in [2.45, 2.75) is 12.5 Å². The summed E-state index contributed by atoms with van der Waals surface area (Å²) in [6.07, 6.45) is 0.759. The molecule has 0 spiro atoms. The molecule has 1 saturated heterocycles.